The van der Waals surface area contributed by atoms with Crippen LogP contribution in [-0.4, -0.2) is 9.55 Å². The molecule has 0 unspecified atom stereocenters. The highest BCUT2D eigenvalue weighted by Gasteiger charge is 2.08. The predicted octanol–water partition coefficient (Wildman–Crippen LogP) is 3.09. The van der Waals surface area contributed by atoms with Gasteiger partial charge >= 0.3 is 0 Å². The van der Waals surface area contributed by atoms with Crippen LogP contribution < -0.4 is 5.73 Å². The normalized spacial score (nSPS) is 10.7. The zero-order valence-electron chi connectivity index (χ0n) is 9.37. The van der Waals surface area contributed by atoms with Crippen molar-refractivity contribution >= 4 is 21.6 Å². The average molecular weight is 280 g/mol. The summed E-state index contributed by atoms with van der Waals surface area (Å²) in [4.78, 5) is 4.32. The van der Waals surface area contributed by atoms with Gasteiger partial charge in [-0.25, -0.2) is 4.98 Å². The van der Waals surface area contributed by atoms with Gasteiger partial charge in [-0.2, -0.15) is 0 Å². The highest BCUT2D eigenvalue weighted by atomic mass is 79.9. The van der Waals surface area contributed by atoms with Crippen LogP contribution in [0.5, 0.6) is 0 Å². The minimum Gasteiger partial charge on any atom is -0.398 e. The first-order chi connectivity index (χ1) is 7.63. The van der Waals surface area contributed by atoms with Crippen LogP contribution in [0.25, 0.3) is 5.69 Å². The molecule has 0 aliphatic heterocycles. The van der Waals surface area contributed by atoms with Crippen molar-refractivity contribution in [3.05, 3.63) is 40.4 Å². The Kier molecular flexibility index (Phi) is 3.01. The number of aromatic nitrogens is 2. The molecule has 0 aliphatic carbocycles. The van der Waals surface area contributed by atoms with Gasteiger partial charge in [0.05, 0.1) is 5.69 Å². The smallest absolute Gasteiger partial charge is 0.112 e. The summed E-state index contributed by atoms with van der Waals surface area (Å²) in [5.74, 6) is 1.05. The van der Waals surface area contributed by atoms with Crippen molar-refractivity contribution in [2.45, 2.75) is 20.3 Å². The zero-order valence-corrected chi connectivity index (χ0v) is 11.0. The maximum Gasteiger partial charge on any atom is 0.112 e. The molecule has 2 rings (SSSR count). The third-order valence-corrected chi connectivity index (χ3v) is 3.26. The molecule has 4 heteroatoms. The summed E-state index contributed by atoms with van der Waals surface area (Å²) in [7, 11) is 0. The number of nitrogen functional groups attached to an aromatic ring is 1. The van der Waals surface area contributed by atoms with Gasteiger partial charge in [0.2, 0.25) is 0 Å². The highest BCUT2D eigenvalue weighted by Crippen LogP contribution is 2.27. The van der Waals surface area contributed by atoms with Gasteiger partial charge in [-0.3, -0.25) is 0 Å². The number of nitrogens with zero attached hydrogens (tertiary/aromatic N) is 2. The molecular formula is C12H14BrN3. The van der Waals surface area contributed by atoms with E-state index >= 15 is 0 Å². The molecule has 16 heavy (non-hydrogen) atoms. The first-order valence-electron chi connectivity index (χ1n) is 5.21. The molecule has 1 aromatic carbocycles. The van der Waals surface area contributed by atoms with Crippen LogP contribution in [0.4, 0.5) is 5.69 Å². The molecule has 0 saturated carbocycles. The highest BCUT2D eigenvalue weighted by molar-refractivity contribution is 9.10. The lowest BCUT2D eigenvalue weighted by Gasteiger charge is -2.11. The van der Waals surface area contributed by atoms with E-state index in [9.17, 15) is 0 Å². The lowest BCUT2D eigenvalue weighted by Crippen LogP contribution is -2.01. The van der Waals surface area contributed by atoms with E-state index < -0.39 is 0 Å². The molecule has 3 nitrogen and oxygen atoms in total. The van der Waals surface area contributed by atoms with Gasteiger partial charge in [0.1, 0.15) is 5.82 Å². The van der Waals surface area contributed by atoms with E-state index in [1.165, 1.54) is 0 Å². The Balaban J connectivity index is 2.60. The Morgan fingerprint density at radius 3 is 2.88 bits per heavy atom. The van der Waals surface area contributed by atoms with Crippen molar-refractivity contribution in [2.75, 3.05) is 5.73 Å². The molecule has 1 aromatic heterocycles. The van der Waals surface area contributed by atoms with Crippen LogP contribution >= 0.6 is 15.9 Å². The van der Waals surface area contributed by atoms with Gasteiger partial charge in [-0.05, 0) is 40.5 Å². The second kappa shape index (κ2) is 4.29. The Bertz CT molecular complexity index is 517. The van der Waals surface area contributed by atoms with Gasteiger partial charge in [-0.15, -0.1) is 0 Å². The fraction of sp³-hybridized carbons (Fsp3) is 0.250. The number of aryl methyl sites for hydroxylation is 2. The van der Waals surface area contributed by atoms with Crippen LogP contribution in [0.2, 0.25) is 0 Å². The lowest BCUT2D eigenvalue weighted by molar-refractivity contribution is 0.887. The third kappa shape index (κ3) is 1.85. The predicted molar refractivity (Wildman–Crippen MR) is 69.8 cm³/mol. The van der Waals surface area contributed by atoms with Crippen molar-refractivity contribution in [3.63, 3.8) is 0 Å². The average Bonchev–Trinajstić information content (AvgIpc) is 2.71. The van der Waals surface area contributed by atoms with Gasteiger partial charge < -0.3 is 10.3 Å². The molecule has 0 aliphatic rings. The topological polar surface area (TPSA) is 43.8 Å². The molecule has 2 aromatic rings. The van der Waals surface area contributed by atoms with E-state index in [1.54, 1.807) is 0 Å². The number of halogens is 1. The molecule has 0 atom stereocenters. The van der Waals surface area contributed by atoms with Crippen molar-refractivity contribution < 1.29 is 0 Å². The maximum atomic E-state index is 5.86. The zero-order chi connectivity index (χ0) is 11.7. The van der Waals surface area contributed by atoms with E-state index in [0.717, 1.165) is 33.7 Å². The van der Waals surface area contributed by atoms with Crippen molar-refractivity contribution in [1.29, 1.82) is 0 Å². The first kappa shape index (κ1) is 11.2. The van der Waals surface area contributed by atoms with Crippen LogP contribution in [0, 0.1) is 6.92 Å². The van der Waals surface area contributed by atoms with E-state index in [1.807, 2.05) is 25.4 Å². The van der Waals surface area contributed by atoms with E-state index in [4.69, 9.17) is 5.73 Å². The molecule has 0 radical (unpaired) electrons. The van der Waals surface area contributed by atoms with Gasteiger partial charge in [-0.1, -0.05) is 6.92 Å². The fourth-order valence-corrected chi connectivity index (χ4v) is 2.23. The summed E-state index contributed by atoms with van der Waals surface area (Å²) < 4.78 is 3.07. The number of rotatable bonds is 2. The second-order valence-corrected chi connectivity index (χ2v) is 4.58. The van der Waals surface area contributed by atoms with Crippen LogP contribution in [0.15, 0.2) is 29.0 Å². The summed E-state index contributed by atoms with van der Waals surface area (Å²) in [5, 5.41) is 0. The molecule has 0 bridgehead atoms. The largest absolute Gasteiger partial charge is 0.398 e. The number of nitrogens with two attached hydrogens (primary N) is 1. The third-order valence-electron chi connectivity index (χ3n) is 2.63. The molecule has 0 amide bonds. The molecule has 0 fully saturated rings. The monoisotopic (exact) mass is 279 g/mol. The Hall–Kier alpha value is -1.29. The number of imidazole rings is 1. The Labute approximate surface area is 103 Å². The minimum atomic E-state index is 0.800. The Morgan fingerprint density at radius 1 is 1.44 bits per heavy atom. The number of anilines is 1. The van der Waals surface area contributed by atoms with Gasteiger partial charge in [0.25, 0.3) is 0 Å². The quantitative estimate of drug-likeness (QED) is 0.859. The SMILES string of the molecule is CCc1nccn1-c1cc(C)c(N)cc1Br. The van der Waals surface area contributed by atoms with E-state index in [0.29, 0.717) is 0 Å². The molecular weight excluding hydrogens is 266 g/mol. The number of hydrogen-bond donors (Lipinski definition) is 1. The van der Waals surface area contributed by atoms with E-state index in [2.05, 4.69) is 38.5 Å². The van der Waals surface area contributed by atoms with E-state index in [-0.39, 0.29) is 0 Å². The van der Waals surface area contributed by atoms with Crippen LogP contribution in [0.3, 0.4) is 0 Å². The number of hydrogen-bond acceptors (Lipinski definition) is 2. The Morgan fingerprint density at radius 2 is 2.19 bits per heavy atom. The van der Waals surface area contributed by atoms with Gasteiger partial charge in [0.15, 0.2) is 0 Å². The standard InChI is InChI=1S/C12H14BrN3/c1-3-12-15-4-5-16(12)11-6-8(2)10(14)7-9(11)13/h4-7H,3,14H2,1-2H3. The lowest BCUT2D eigenvalue weighted by atomic mass is 10.2. The number of benzene rings is 1. The fourth-order valence-electron chi connectivity index (χ4n) is 1.68. The van der Waals surface area contributed by atoms with Gasteiger partial charge in [0, 0.05) is 29.0 Å². The molecule has 1 heterocycles. The summed E-state index contributed by atoms with van der Waals surface area (Å²) in [6.07, 6.45) is 4.69. The van der Waals surface area contributed by atoms with Crippen LogP contribution in [0.1, 0.15) is 18.3 Å². The molecule has 84 valence electrons. The maximum absolute atomic E-state index is 5.86. The van der Waals surface area contributed by atoms with Crippen molar-refractivity contribution in [1.82, 2.24) is 9.55 Å². The first-order valence-corrected chi connectivity index (χ1v) is 6.01. The van der Waals surface area contributed by atoms with Crippen molar-refractivity contribution in [2.24, 2.45) is 0 Å². The summed E-state index contributed by atoms with van der Waals surface area (Å²) in [6, 6.07) is 4.00. The minimum absolute atomic E-state index is 0.800. The van der Waals surface area contributed by atoms with Crippen LogP contribution in [-0.2, 0) is 6.42 Å². The molecule has 0 saturated heterocycles. The van der Waals surface area contributed by atoms with Crippen molar-refractivity contribution in [3.8, 4) is 5.69 Å². The molecule has 2 N–H and O–H groups in total. The second-order valence-electron chi connectivity index (χ2n) is 3.73. The summed E-state index contributed by atoms with van der Waals surface area (Å²) >= 11 is 3.54. The summed E-state index contributed by atoms with van der Waals surface area (Å²) in [6.45, 7) is 4.10. The molecule has 0 spiro atoms. The summed E-state index contributed by atoms with van der Waals surface area (Å²) in [5.41, 5.74) is 8.82.